The van der Waals surface area contributed by atoms with Crippen molar-refractivity contribution < 1.29 is 22.4 Å². The van der Waals surface area contributed by atoms with Crippen molar-refractivity contribution in [1.29, 1.82) is 0 Å². The van der Waals surface area contributed by atoms with E-state index in [9.17, 15) is 22.4 Å². The highest BCUT2D eigenvalue weighted by atomic mass is 35.5. The van der Waals surface area contributed by atoms with Crippen molar-refractivity contribution in [2.45, 2.75) is 0 Å². The van der Waals surface area contributed by atoms with Gasteiger partial charge in [-0.3, -0.25) is 4.79 Å². The van der Waals surface area contributed by atoms with Gasteiger partial charge in [-0.2, -0.15) is 0 Å². The molecule has 16 heavy (non-hydrogen) atoms. The number of halogens is 5. The van der Waals surface area contributed by atoms with E-state index in [1.165, 1.54) is 0 Å². The van der Waals surface area contributed by atoms with E-state index in [1.54, 1.807) is 0 Å². The van der Waals surface area contributed by atoms with Gasteiger partial charge in [0.15, 0.2) is 23.3 Å². The fourth-order valence-corrected chi connectivity index (χ4v) is 1.09. The number of rotatable bonds is 2. The maximum atomic E-state index is 13.0. The van der Waals surface area contributed by atoms with Crippen LogP contribution in [0.15, 0.2) is 5.11 Å². The van der Waals surface area contributed by atoms with Crippen LogP contribution in [0.2, 0.25) is 0 Å². The molecule has 0 atom stereocenters. The van der Waals surface area contributed by atoms with Crippen LogP contribution in [0, 0.1) is 23.3 Å². The van der Waals surface area contributed by atoms with Gasteiger partial charge in [0.05, 0.1) is 0 Å². The number of hydrogen-bond donors (Lipinski definition) is 0. The maximum absolute atomic E-state index is 13.0. The van der Waals surface area contributed by atoms with Crippen molar-refractivity contribution in [1.82, 2.24) is 0 Å². The highest BCUT2D eigenvalue weighted by Crippen LogP contribution is 2.30. The standard InChI is InChI=1S/C7ClF4N3O/c8-7(16)1-2(9)4(11)6(14-15-13)5(12)3(1)10. The van der Waals surface area contributed by atoms with Crippen molar-refractivity contribution in [3.05, 3.63) is 39.3 Å². The van der Waals surface area contributed by atoms with Gasteiger partial charge >= 0.3 is 0 Å². The third-order valence-corrected chi connectivity index (χ3v) is 1.77. The summed E-state index contributed by atoms with van der Waals surface area (Å²) in [5, 5.41) is 0.716. The van der Waals surface area contributed by atoms with Gasteiger partial charge in [-0.1, -0.05) is 5.11 Å². The van der Waals surface area contributed by atoms with E-state index in [0.29, 0.717) is 0 Å². The molecule has 4 nitrogen and oxygen atoms in total. The van der Waals surface area contributed by atoms with Crippen LogP contribution in [0.5, 0.6) is 0 Å². The fourth-order valence-electron chi connectivity index (χ4n) is 0.925. The second-order valence-corrected chi connectivity index (χ2v) is 2.79. The number of benzene rings is 1. The lowest BCUT2D eigenvalue weighted by molar-refractivity contribution is 0.107. The van der Waals surface area contributed by atoms with E-state index in [-0.39, 0.29) is 0 Å². The predicted octanol–water partition coefficient (Wildman–Crippen LogP) is 3.56. The van der Waals surface area contributed by atoms with Gasteiger partial charge in [-0.25, -0.2) is 17.6 Å². The summed E-state index contributed by atoms with van der Waals surface area (Å²) < 4.78 is 52.0. The zero-order chi connectivity index (χ0) is 12.5. The van der Waals surface area contributed by atoms with Gasteiger partial charge < -0.3 is 0 Å². The molecule has 0 saturated heterocycles. The zero-order valence-corrected chi connectivity index (χ0v) is 7.90. The van der Waals surface area contributed by atoms with Crippen LogP contribution in [0.25, 0.3) is 10.4 Å². The van der Waals surface area contributed by atoms with Gasteiger partial charge in [0.25, 0.3) is 5.24 Å². The van der Waals surface area contributed by atoms with Crippen LogP contribution in [-0.4, -0.2) is 5.24 Å². The van der Waals surface area contributed by atoms with Gasteiger partial charge in [-0.15, -0.1) is 0 Å². The topological polar surface area (TPSA) is 65.8 Å². The molecule has 1 aromatic rings. The lowest BCUT2D eigenvalue weighted by atomic mass is 10.1. The summed E-state index contributed by atoms with van der Waals surface area (Å²) in [5.41, 5.74) is 4.84. The van der Waals surface area contributed by atoms with Crippen LogP contribution in [0.1, 0.15) is 10.4 Å². The van der Waals surface area contributed by atoms with Crippen molar-refractivity contribution in [2.75, 3.05) is 0 Å². The molecule has 0 unspecified atom stereocenters. The molecule has 0 amide bonds. The summed E-state index contributed by atoms with van der Waals surface area (Å²) in [4.78, 5) is 12.5. The highest BCUT2D eigenvalue weighted by Gasteiger charge is 2.27. The fraction of sp³-hybridized carbons (Fsp3) is 0. The average Bonchev–Trinajstić information content (AvgIpc) is 2.21. The second kappa shape index (κ2) is 4.38. The van der Waals surface area contributed by atoms with Crippen molar-refractivity contribution >= 4 is 22.5 Å². The Kier molecular flexibility index (Phi) is 3.36. The van der Waals surface area contributed by atoms with E-state index >= 15 is 0 Å². The first-order valence-electron chi connectivity index (χ1n) is 3.52. The molecule has 0 fully saturated rings. The first-order valence-corrected chi connectivity index (χ1v) is 3.90. The van der Waals surface area contributed by atoms with E-state index < -0.39 is 39.8 Å². The third-order valence-electron chi connectivity index (χ3n) is 1.58. The minimum Gasteiger partial charge on any atom is -0.275 e. The van der Waals surface area contributed by atoms with E-state index in [2.05, 4.69) is 5.11 Å². The highest BCUT2D eigenvalue weighted by molar-refractivity contribution is 6.67. The van der Waals surface area contributed by atoms with Crippen molar-refractivity contribution in [3.63, 3.8) is 0 Å². The Morgan fingerprint density at radius 2 is 1.56 bits per heavy atom. The minimum absolute atomic E-state index is 1.50. The number of carbonyl (C=O) groups is 1. The Labute approximate surface area is 90.1 Å². The molecule has 0 aliphatic heterocycles. The number of carbonyl (C=O) groups excluding carboxylic acids is 1. The van der Waals surface area contributed by atoms with Crippen LogP contribution in [0.3, 0.4) is 0 Å². The summed E-state index contributed by atoms with van der Waals surface area (Å²) >= 11 is 4.73. The number of nitrogens with zero attached hydrogens (tertiary/aromatic N) is 3. The van der Waals surface area contributed by atoms with Gasteiger partial charge in [0.2, 0.25) is 0 Å². The Morgan fingerprint density at radius 1 is 1.12 bits per heavy atom. The normalized spacial score (nSPS) is 9.81. The Hall–Kier alpha value is -1.79. The third kappa shape index (κ3) is 1.80. The molecule has 0 aliphatic rings. The molecule has 9 heteroatoms. The summed E-state index contributed by atoms with van der Waals surface area (Å²) in [6, 6.07) is 0. The van der Waals surface area contributed by atoms with Crippen molar-refractivity contribution in [2.24, 2.45) is 5.11 Å². The van der Waals surface area contributed by atoms with Crippen molar-refractivity contribution in [3.8, 4) is 0 Å². The molecule has 0 saturated carbocycles. The first kappa shape index (κ1) is 12.3. The molecule has 0 radical (unpaired) electrons. The lowest BCUT2D eigenvalue weighted by Crippen LogP contribution is -2.06. The molecule has 1 aromatic carbocycles. The SMILES string of the molecule is [N-]=[N+]=Nc1c(F)c(F)c(C(=O)Cl)c(F)c1F. The predicted molar refractivity (Wildman–Crippen MR) is 45.3 cm³/mol. The van der Waals surface area contributed by atoms with Crippen LogP contribution < -0.4 is 0 Å². The molecular weight excluding hydrogens is 254 g/mol. The summed E-state index contributed by atoms with van der Waals surface area (Å²) in [7, 11) is 0. The van der Waals surface area contributed by atoms with Crippen LogP contribution in [0.4, 0.5) is 23.2 Å². The number of hydrogen-bond acceptors (Lipinski definition) is 2. The Morgan fingerprint density at radius 3 is 1.88 bits per heavy atom. The molecule has 0 N–H and O–H groups in total. The maximum Gasteiger partial charge on any atom is 0.258 e. The molecule has 84 valence electrons. The lowest BCUT2D eigenvalue weighted by Gasteiger charge is -2.05. The summed E-state index contributed by atoms with van der Waals surface area (Å²) in [5.74, 6) is -8.00. The van der Waals surface area contributed by atoms with Gasteiger partial charge in [0.1, 0.15) is 11.3 Å². The van der Waals surface area contributed by atoms with Crippen LogP contribution >= 0.6 is 11.6 Å². The zero-order valence-electron chi connectivity index (χ0n) is 7.14. The smallest absolute Gasteiger partial charge is 0.258 e. The monoisotopic (exact) mass is 253 g/mol. The first-order chi connectivity index (χ1) is 7.41. The minimum atomic E-state index is -2.01. The molecule has 0 bridgehead atoms. The Balaban J connectivity index is 3.76. The quantitative estimate of drug-likeness (QED) is 0.198. The second-order valence-electron chi connectivity index (χ2n) is 2.44. The molecule has 0 spiro atoms. The van der Waals surface area contributed by atoms with E-state index in [4.69, 9.17) is 17.1 Å². The van der Waals surface area contributed by atoms with Gasteiger partial charge in [-0.05, 0) is 17.1 Å². The summed E-state index contributed by atoms with van der Waals surface area (Å²) in [6.07, 6.45) is 0. The molecule has 0 aliphatic carbocycles. The van der Waals surface area contributed by atoms with Crippen LogP contribution in [-0.2, 0) is 0 Å². The number of azide groups is 1. The summed E-state index contributed by atoms with van der Waals surface area (Å²) in [6.45, 7) is 0. The Bertz CT molecular complexity index is 465. The molecule has 1 rings (SSSR count). The molecule has 0 aromatic heterocycles. The van der Waals surface area contributed by atoms with Gasteiger partial charge in [0, 0.05) is 4.91 Å². The molecule has 0 heterocycles. The largest absolute Gasteiger partial charge is 0.275 e. The van der Waals surface area contributed by atoms with E-state index in [1.807, 2.05) is 4.91 Å². The molecular formula is C7ClF4N3O. The van der Waals surface area contributed by atoms with E-state index in [0.717, 1.165) is 0 Å². The average molecular weight is 254 g/mol.